The zero-order chi connectivity index (χ0) is 21.8. The standard InChI is InChI=1S/C25H23BrN2O3/c1-31-22-12-11-19(26)15-18(22)16-28-23(20-9-5-6-10-21(20)25(28)30)24(29)27-14-13-17-7-3-2-4-8-17/h2-12,15,23H,13-14,16H2,1H3,(H,27,29). The van der Waals surface area contributed by atoms with Crippen molar-refractivity contribution in [3.05, 3.63) is 99.5 Å². The van der Waals surface area contributed by atoms with Gasteiger partial charge >= 0.3 is 0 Å². The van der Waals surface area contributed by atoms with E-state index < -0.39 is 6.04 Å². The molecule has 0 aliphatic carbocycles. The number of nitrogens with zero attached hydrogens (tertiary/aromatic N) is 1. The predicted molar refractivity (Wildman–Crippen MR) is 123 cm³/mol. The molecule has 1 aliphatic heterocycles. The number of amides is 2. The molecule has 3 aromatic carbocycles. The molecule has 2 amide bonds. The summed E-state index contributed by atoms with van der Waals surface area (Å²) in [5.74, 6) is 0.347. The minimum absolute atomic E-state index is 0.152. The summed E-state index contributed by atoms with van der Waals surface area (Å²) in [5, 5.41) is 3.02. The van der Waals surface area contributed by atoms with Gasteiger partial charge in [0.05, 0.1) is 13.7 Å². The number of benzene rings is 3. The monoisotopic (exact) mass is 478 g/mol. The van der Waals surface area contributed by atoms with Crippen molar-refractivity contribution in [3.8, 4) is 5.75 Å². The maximum absolute atomic E-state index is 13.2. The van der Waals surface area contributed by atoms with Gasteiger partial charge in [-0.15, -0.1) is 0 Å². The summed E-state index contributed by atoms with van der Waals surface area (Å²) in [7, 11) is 1.60. The van der Waals surface area contributed by atoms with E-state index in [9.17, 15) is 9.59 Å². The molecule has 0 radical (unpaired) electrons. The molecule has 5 nitrogen and oxygen atoms in total. The van der Waals surface area contributed by atoms with Crippen molar-refractivity contribution in [1.29, 1.82) is 0 Å². The second-order valence-electron chi connectivity index (χ2n) is 7.41. The summed E-state index contributed by atoms with van der Waals surface area (Å²) < 4.78 is 6.36. The molecule has 0 fully saturated rings. The van der Waals surface area contributed by atoms with E-state index in [0.717, 1.165) is 27.6 Å². The van der Waals surface area contributed by atoms with Gasteiger partial charge in [-0.2, -0.15) is 0 Å². The zero-order valence-electron chi connectivity index (χ0n) is 17.2. The first-order valence-corrected chi connectivity index (χ1v) is 10.9. The van der Waals surface area contributed by atoms with Crippen LogP contribution in [0.4, 0.5) is 0 Å². The van der Waals surface area contributed by atoms with Gasteiger partial charge < -0.3 is 15.0 Å². The molecule has 1 unspecified atom stereocenters. The first kappa shape index (κ1) is 21.1. The maximum atomic E-state index is 13.2. The lowest BCUT2D eigenvalue weighted by molar-refractivity contribution is -0.125. The van der Waals surface area contributed by atoms with Crippen LogP contribution in [0.5, 0.6) is 5.75 Å². The number of carbonyl (C=O) groups excluding carboxylic acids is 2. The van der Waals surface area contributed by atoms with Crippen molar-refractivity contribution in [3.63, 3.8) is 0 Å². The molecule has 31 heavy (non-hydrogen) atoms. The SMILES string of the molecule is COc1ccc(Br)cc1CN1C(=O)c2ccccc2C1C(=O)NCCc1ccccc1. The zero-order valence-corrected chi connectivity index (χ0v) is 18.8. The third-order valence-corrected chi connectivity index (χ3v) is 5.94. The van der Waals surface area contributed by atoms with Crippen LogP contribution in [0.2, 0.25) is 0 Å². The summed E-state index contributed by atoms with van der Waals surface area (Å²) in [6, 6.07) is 22.3. The molecule has 0 saturated heterocycles. The summed E-state index contributed by atoms with van der Waals surface area (Å²) in [6.45, 7) is 0.774. The number of carbonyl (C=O) groups is 2. The van der Waals surface area contributed by atoms with Gasteiger partial charge in [0.2, 0.25) is 5.91 Å². The quantitative estimate of drug-likeness (QED) is 0.543. The predicted octanol–water partition coefficient (Wildman–Crippen LogP) is 4.51. The third kappa shape index (κ3) is 4.49. The highest BCUT2D eigenvalue weighted by atomic mass is 79.9. The van der Waals surface area contributed by atoms with Gasteiger partial charge in [-0.05, 0) is 41.8 Å². The first-order valence-electron chi connectivity index (χ1n) is 10.1. The first-order chi connectivity index (χ1) is 15.1. The van der Waals surface area contributed by atoms with Gasteiger partial charge in [0.25, 0.3) is 5.91 Å². The molecule has 1 heterocycles. The lowest BCUT2D eigenvalue weighted by Gasteiger charge is -2.25. The second kappa shape index (κ2) is 9.35. The molecule has 0 aromatic heterocycles. The third-order valence-electron chi connectivity index (χ3n) is 5.45. The Labute approximate surface area is 190 Å². The van der Waals surface area contributed by atoms with Crippen molar-refractivity contribution in [2.75, 3.05) is 13.7 Å². The number of rotatable bonds is 7. The lowest BCUT2D eigenvalue weighted by Crippen LogP contribution is -2.39. The summed E-state index contributed by atoms with van der Waals surface area (Å²) in [5.41, 5.74) is 3.29. The highest BCUT2D eigenvalue weighted by Gasteiger charge is 2.41. The van der Waals surface area contributed by atoms with Gasteiger partial charge in [-0.25, -0.2) is 0 Å². The molecule has 6 heteroatoms. The van der Waals surface area contributed by atoms with Crippen molar-refractivity contribution < 1.29 is 14.3 Å². The highest BCUT2D eigenvalue weighted by molar-refractivity contribution is 9.10. The molecule has 158 valence electrons. The largest absolute Gasteiger partial charge is 0.496 e. The molecular formula is C25H23BrN2O3. The lowest BCUT2D eigenvalue weighted by atomic mass is 10.0. The van der Waals surface area contributed by atoms with Gasteiger partial charge in [0.15, 0.2) is 0 Å². The summed E-state index contributed by atoms with van der Waals surface area (Å²) >= 11 is 3.48. The Morgan fingerprint density at radius 1 is 1.06 bits per heavy atom. The minimum Gasteiger partial charge on any atom is -0.496 e. The molecule has 3 aromatic rings. The number of nitrogens with one attached hydrogen (secondary N) is 1. The van der Waals surface area contributed by atoms with Crippen molar-refractivity contribution in [1.82, 2.24) is 10.2 Å². The van der Waals surface area contributed by atoms with E-state index in [-0.39, 0.29) is 18.4 Å². The Kier molecular flexibility index (Phi) is 6.37. The Morgan fingerprint density at radius 3 is 2.58 bits per heavy atom. The Hall–Kier alpha value is -3.12. The topological polar surface area (TPSA) is 58.6 Å². The minimum atomic E-state index is -0.678. The van der Waals surface area contributed by atoms with Crippen LogP contribution in [-0.4, -0.2) is 30.4 Å². The van der Waals surface area contributed by atoms with E-state index in [1.54, 1.807) is 18.1 Å². The molecule has 1 N–H and O–H groups in total. The van der Waals surface area contributed by atoms with Crippen LogP contribution in [0.25, 0.3) is 0 Å². The van der Waals surface area contributed by atoms with E-state index in [1.807, 2.05) is 66.7 Å². The summed E-state index contributed by atoms with van der Waals surface area (Å²) in [4.78, 5) is 28.0. The maximum Gasteiger partial charge on any atom is 0.255 e. The van der Waals surface area contributed by atoms with Crippen LogP contribution in [-0.2, 0) is 17.8 Å². The number of methoxy groups -OCH3 is 1. The fourth-order valence-electron chi connectivity index (χ4n) is 3.94. The van der Waals surface area contributed by atoms with Crippen molar-refractivity contribution in [2.45, 2.75) is 19.0 Å². The van der Waals surface area contributed by atoms with Gasteiger partial charge in [-0.3, -0.25) is 9.59 Å². The molecule has 1 atom stereocenters. The Bertz CT molecular complexity index is 1100. The molecule has 0 spiro atoms. The van der Waals surface area contributed by atoms with E-state index in [4.69, 9.17) is 4.74 Å². The number of hydrogen-bond acceptors (Lipinski definition) is 3. The fourth-order valence-corrected chi connectivity index (χ4v) is 4.35. The second-order valence-corrected chi connectivity index (χ2v) is 8.32. The number of fused-ring (bicyclic) bond motifs is 1. The molecule has 0 bridgehead atoms. The van der Waals surface area contributed by atoms with Crippen molar-refractivity contribution >= 4 is 27.7 Å². The average Bonchev–Trinajstić information content (AvgIpc) is 3.06. The van der Waals surface area contributed by atoms with Crippen LogP contribution in [0.3, 0.4) is 0 Å². The molecule has 0 saturated carbocycles. The van der Waals surface area contributed by atoms with Crippen LogP contribution in [0.15, 0.2) is 77.3 Å². The smallest absolute Gasteiger partial charge is 0.255 e. The Morgan fingerprint density at radius 2 is 1.81 bits per heavy atom. The average molecular weight is 479 g/mol. The summed E-state index contributed by atoms with van der Waals surface area (Å²) in [6.07, 6.45) is 0.731. The van der Waals surface area contributed by atoms with Gasteiger partial charge in [0, 0.05) is 22.1 Å². The fraction of sp³-hybridized carbons (Fsp3) is 0.200. The number of ether oxygens (including phenoxy) is 1. The Balaban J connectivity index is 1.57. The van der Waals surface area contributed by atoms with Crippen LogP contribution < -0.4 is 10.1 Å². The van der Waals surface area contributed by atoms with Gasteiger partial charge in [-0.1, -0.05) is 64.5 Å². The van der Waals surface area contributed by atoms with E-state index >= 15 is 0 Å². The highest BCUT2D eigenvalue weighted by Crippen LogP contribution is 2.36. The van der Waals surface area contributed by atoms with Gasteiger partial charge in [0.1, 0.15) is 11.8 Å². The van der Waals surface area contributed by atoms with E-state index in [0.29, 0.717) is 17.9 Å². The van der Waals surface area contributed by atoms with E-state index in [1.165, 1.54) is 0 Å². The number of halogens is 1. The van der Waals surface area contributed by atoms with E-state index in [2.05, 4.69) is 21.2 Å². The van der Waals surface area contributed by atoms with Crippen LogP contribution in [0, 0.1) is 0 Å². The number of hydrogen-bond donors (Lipinski definition) is 1. The van der Waals surface area contributed by atoms with Crippen molar-refractivity contribution in [2.24, 2.45) is 0 Å². The molecular weight excluding hydrogens is 456 g/mol. The molecule has 1 aliphatic rings. The van der Waals surface area contributed by atoms with Crippen LogP contribution in [0.1, 0.15) is 33.1 Å². The molecule has 4 rings (SSSR count). The normalized spacial score (nSPS) is 15.0. The van der Waals surface area contributed by atoms with Crippen LogP contribution >= 0.6 is 15.9 Å².